The Hall–Kier alpha value is -2.05. The molecule has 2 amide bonds. The Labute approximate surface area is 150 Å². The zero-order valence-electron chi connectivity index (χ0n) is 13.8. The molecule has 1 aliphatic heterocycles. The van der Waals surface area contributed by atoms with Crippen LogP contribution in [0.1, 0.15) is 23.4 Å². The van der Waals surface area contributed by atoms with E-state index in [0.29, 0.717) is 55.1 Å². The van der Waals surface area contributed by atoms with Crippen LogP contribution in [-0.2, 0) is 4.79 Å². The van der Waals surface area contributed by atoms with Crippen molar-refractivity contribution < 1.29 is 14.0 Å². The number of piperazine rings is 1. The molecule has 0 spiro atoms. The smallest absolute Gasteiger partial charge is 0.289 e. The van der Waals surface area contributed by atoms with E-state index in [2.05, 4.69) is 10.2 Å². The lowest BCUT2D eigenvalue weighted by molar-refractivity contribution is -0.122. The Balaban J connectivity index is 1.34. The van der Waals surface area contributed by atoms with E-state index in [-0.39, 0.29) is 11.8 Å². The zero-order valence-corrected chi connectivity index (χ0v) is 14.6. The molecule has 2 heterocycles. The number of nitrogens with one attached hydrogen (secondary N) is 1. The first-order valence-corrected chi connectivity index (χ1v) is 8.96. The molecule has 1 saturated carbocycles. The monoisotopic (exact) mass is 361 g/mol. The molecule has 1 aromatic heterocycles. The number of carbonyl (C=O) groups excluding carboxylic acids is 2. The zero-order chi connectivity index (χ0) is 17.4. The van der Waals surface area contributed by atoms with Gasteiger partial charge in [0.15, 0.2) is 5.76 Å². The second-order valence-corrected chi connectivity index (χ2v) is 7.14. The second-order valence-electron chi connectivity index (χ2n) is 6.70. The number of halogens is 1. The number of amides is 2. The van der Waals surface area contributed by atoms with Crippen LogP contribution in [0.25, 0.3) is 11.0 Å². The molecular formula is C18H20ClN3O3. The topological polar surface area (TPSA) is 65.8 Å². The van der Waals surface area contributed by atoms with Gasteiger partial charge in [0.1, 0.15) is 5.58 Å². The van der Waals surface area contributed by atoms with E-state index in [1.807, 2.05) is 0 Å². The van der Waals surface area contributed by atoms with Gasteiger partial charge >= 0.3 is 0 Å². The van der Waals surface area contributed by atoms with Gasteiger partial charge in [-0.15, -0.1) is 0 Å². The Kier molecular flexibility index (Phi) is 4.39. The SMILES string of the molecule is O=C(CN1CCN(C(=O)c2cc3cc(Cl)ccc3o2)CC1)NC1CC1. The van der Waals surface area contributed by atoms with Crippen molar-refractivity contribution >= 4 is 34.4 Å². The van der Waals surface area contributed by atoms with Crippen LogP contribution in [0, 0.1) is 0 Å². The van der Waals surface area contributed by atoms with Crippen LogP contribution >= 0.6 is 11.6 Å². The average Bonchev–Trinajstić information content (AvgIpc) is 3.30. The minimum absolute atomic E-state index is 0.0800. The fourth-order valence-corrected chi connectivity index (χ4v) is 3.27. The van der Waals surface area contributed by atoms with Crippen LogP contribution < -0.4 is 5.32 Å². The van der Waals surface area contributed by atoms with E-state index in [1.54, 1.807) is 29.2 Å². The van der Waals surface area contributed by atoms with Gasteiger partial charge in [-0.05, 0) is 37.1 Å². The lowest BCUT2D eigenvalue weighted by Gasteiger charge is -2.33. The van der Waals surface area contributed by atoms with E-state index < -0.39 is 0 Å². The lowest BCUT2D eigenvalue weighted by Crippen LogP contribution is -2.51. The number of hydrogen-bond acceptors (Lipinski definition) is 4. The molecule has 1 saturated heterocycles. The van der Waals surface area contributed by atoms with E-state index in [0.717, 1.165) is 18.2 Å². The minimum Gasteiger partial charge on any atom is -0.451 e. The third-order valence-electron chi connectivity index (χ3n) is 4.66. The first-order chi connectivity index (χ1) is 12.1. The van der Waals surface area contributed by atoms with Gasteiger partial charge in [-0.2, -0.15) is 0 Å². The van der Waals surface area contributed by atoms with Crippen molar-refractivity contribution in [1.29, 1.82) is 0 Å². The summed E-state index contributed by atoms with van der Waals surface area (Å²) in [6, 6.07) is 7.42. The van der Waals surface area contributed by atoms with E-state index in [9.17, 15) is 9.59 Å². The highest BCUT2D eigenvalue weighted by molar-refractivity contribution is 6.31. The third-order valence-corrected chi connectivity index (χ3v) is 4.89. The van der Waals surface area contributed by atoms with Crippen LogP contribution in [0.3, 0.4) is 0 Å². The molecule has 132 valence electrons. The maximum absolute atomic E-state index is 12.6. The summed E-state index contributed by atoms with van der Waals surface area (Å²) in [5.41, 5.74) is 0.656. The molecule has 0 bridgehead atoms. The number of hydrogen-bond donors (Lipinski definition) is 1. The average molecular weight is 362 g/mol. The lowest BCUT2D eigenvalue weighted by atomic mass is 10.2. The second kappa shape index (κ2) is 6.69. The van der Waals surface area contributed by atoms with Crippen molar-refractivity contribution in [1.82, 2.24) is 15.1 Å². The number of benzene rings is 1. The van der Waals surface area contributed by atoms with E-state index >= 15 is 0 Å². The predicted octanol–water partition coefficient (Wildman–Crippen LogP) is 2.12. The Morgan fingerprint density at radius 2 is 1.92 bits per heavy atom. The minimum atomic E-state index is -0.116. The Morgan fingerprint density at radius 3 is 2.64 bits per heavy atom. The first kappa shape index (κ1) is 16.4. The highest BCUT2D eigenvalue weighted by Crippen LogP contribution is 2.24. The summed E-state index contributed by atoms with van der Waals surface area (Å²) in [5.74, 6) is 0.294. The number of carbonyl (C=O) groups is 2. The number of nitrogens with zero attached hydrogens (tertiary/aromatic N) is 2. The summed E-state index contributed by atoms with van der Waals surface area (Å²) in [6.07, 6.45) is 2.19. The van der Waals surface area contributed by atoms with Crippen molar-refractivity contribution in [2.45, 2.75) is 18.9 Å². The van der Waals surface area contributed by atoms with Gasteiger partial charge in [0.2, 0.25) is 5.91 Å². The number of fused-ring (bicyclic) bond motifs is 1. The van der Waals surface area contributed by atoms with Gasteiger partial charge in [0, 0.05) is 42.6 Å². The standard InChI is InChI=1S/C18H20ClN3O3/c19-13-1-4-15-12(9-13)10-16(25-15)18(24)22-7-5-21(6-8-22)11-17(23)20-14-2-3-14/h1,4,9-10,14H,2-3,5-8,11H2,(H,20,23). The van der Waals surface area contributed by atoms with Crippen molar-refractivity contribution in [3.05, 3.63) is 35.0 Å². The van der Waals surface area contributed by atoms with Crippen LogP contribution in [0.5, 0.6) is 0 Å². The van der Waals surface area contributed by atoms with Crippen LogP contribution in [0.4, 0.5) is 0 Å². The van der Waals surface area contributed by atoms with Gasteiger partial charge in [0.05, 0.1) is 6.54 Å². The highest BCUT2D eigenvalue weighted by atomic mass is 35.5. The number of furan rings is 1. The van der Waals surface area contributed by atoms with Gasteiger partial charge in [-0.3, -0.25) is 14.5 Å². The van der Waals surface area contributed by atoms with Gasteiger partial charge in [-0.1, -0.05) is 11.6 Å². The Bertz CT molecular complexity index is 807. The molecule has 1 aromatic carbocycles. The van der Waals surface area contributed by atoms with Crippen LogP contribution in [0.2, 0.25) is 5.02 Å². The van der Waals surface area contributed by atoms with Crippen molar-refractivity contribution in [3.8, 4) is 0 Å². The molecule has 0 atom stereocenters. The number of rotatable bonds is 4. The Morgan fingerprint density at radius 1 is 1.16 bits per heavy atom. The molecule has 1 aliphatic carbocycles. The predicted molar refractivity (Wildman–Crippen MR) is 94.7 cm³/mol. The van der Waals surface area contributed by atoms with Gasteiger partial charge in [-0.25, -0.2) is 0 Å². The quantitative estimate of drug-likeness (QED) is 0.906. The molecule has 2 fully saturated rings. The molecule has 6 nitrogen and oxygen atoms in total. The summed E-state index contributed by atoms with van der Waals surface area (Å²) in [6.45, 7) is 2.97. The maximum Gasteiger partial charge on any atom is 0.289 e. The summed E-state index contributed by atoms with van der Waals surface area (Å²) in [7, 11) is 0. The molecule has 2 aromatic rings. The fraction of sp³-hybridized carbons (Fsp3) is 0.444. The van der Waals surface area contributed by atoms with Gasteiger partial charge < -0.3 is 14.6 Å². The molecule has 7 heteroatoms. The molecule has 2 aliphatic rings. The van der Waals surface area contributed by atoms with Crippen molar-refractivity contribution in [2.24, 2.45) is 0 Å². The third kappa shape index (κ3) is 3.80. The summed E-state index contributed by atoms with van der Waals surface area (Å²) < 4.78 is 5.65. The van der Waals surface area contributed by atoms with E-state index in [4.69, 9.17) is 16.0 Å². The first-order valence-electron chi connectivity index (χ1n) is 8.58. The highest BCUT2D eigenvalue weighted by Gasteiger charge is 2.27. The fourth-order valence-electron chi connectivity index (χ4n) is 3.09. The van der Waals surface area contributed by atoms with Crippen molar-refractivity contribution in [2.75, 3.05) is 32.7 Å². The summed E-state index contributed by atoms with van der Waals surface area (Å²) in [5, 5.41) is 4.43. The molecule has 0 radical (unpaired) electrons. The maximum atomic E-state index is 12.6. The largest absolute Gasteiger partial charge is 0.451 e. The molecule has 1 N–H and O–H groups in total. The molecule has 0 unspecified atom stereocenters. The normalized spacial score (nSPS) is 18.5. The summed E-state index contributed by atoms with van der Waals surface area (Å²) in [4.78, 5) is 28.4. The summed E-state index contributed by atoms with van der Waals surface area (Å²) >= 11 is 5.97. The molecule has 4 rings (SSSR count). The van der Waals surface area contributed by atoms with Crippen LogP contribution in [0.15, 0.2) is 28.7 Å². The van der Waals surface area contributed by atoms with Crippen LogP contribution in [-0.4, -0.2) is 60.4 Å². The molecular weight excluding hydrogens is 342 g/mol. The van der Waals surface area contributed by atoms with Gasteiger partial charge in [0.25, 0.3) is 5.91 Å². The molecule has 25 heavy (non-hydrogen) atoms. The van der Waals surface area contributed by atoms with Crippen molar-refractivity contribution in [3.63, 3.8) is 0 Å². The van der Waals surface area contributed by atoms with E-state index in [1.165, 1.54) is 0 Å².